The number of hydrogen-bond donors (Lipinski definition) is 0. The maximum atomic E-state index is 12.8. The highest BCUT2D eigenvalue weighted by atomic mass is 32.2. The zero-order chi connectivity index (χ0) is 23.4. The minimum atomic E-state index is -4.76. The number of piperidine rings is 1. The van der Waals surface area contributed by atoms with Crippen molar-refractivity contribution in [2.45, 2.75) is 43.0 Å². The summed E-state index contributed by atoms with van der Waals surface area (Å²) in [6.45, 7) is 1.02. The van der Waals surface area contributed by atoms with Crippen LogP contribution in [0.5, 0.6) is 5.75 Å². The van der Waals surface area contributed by atoms with Crippen LogP contribution in [0.4, 0.5) is 13.2 Å². The molecule has 0 bridgehead atoms. The number of hydrogen-bond acceptors (Lipinski definition) is 5. The highest BCUT2D eigenvalue weighted by Crippen LogP contribution is 2.34. The fourth-order valence-electron chi connectivity index (χ4n) is 3.61. The van der Waals surface area contributed by atoms with Gasteiger partial charge in [0.15, 0.2) is 0 Å². The Morgan fingerprint density at radius 1 is 1.09 bits per heavy atom. The Kier molecular flexibility index (Phi) is 7.00. The van der Waals surface area contributed by atoms with E-state index in [1.807, 2.05) is 18.2 Å². The lowest BCUT2D eigenvalue weighted by Crippen LogP contribution is -2.37. The molecule has 2 aromatic carbocycles. The SMILES string of the molecule is N#Cc1cccc(/C(=N/OC2CCN(S(=O)c3ccc(OC(F)(F)F)cc3)CC2)C2CC2)c1. The smallest absolute Gasteiger partial charge is 0.406 e. The topological polar surface area (TPSA) is 74.9 Å². The predicted octanol–water partition coefficient (Wildman–Crippen LogP) is 4.77. The third kappa shape index (κ3) is 6.33. The van der Waals surface area contributed by atoms with Gasteiger partial charge in [-0.15, -0.1) is 13.2 Å². The maximum Gasteiger partial charge on any atom is 0.573 e. The number of alkyl halides is 3. The molecule has 1 saturated heterocycles. The first-order valence-electron chi connectivity index (χ1n) is 10.6. The average molecular weight is 478 g/mol. The van der Waals surface area contributed by atoms with Crippen LogP contribution >= 0.6 is 0 Å². The van der Waals surface area contributed by atoms with Crippen LogP contribution in [-0.4, -0.2) is 39.8 Å². The molecule has 0 aromatic heterocycles. The van der Waals surface area contributed by atoms with Gasteiger partial charge in [0.1, 0.15) is 22.8 Å². The molecule has 6 nitrogen and oxygen atoms in total. The van der Waals surface area contributed by atoms with Gasteiger partial charge in [-0.1, -0.05) is 17.3 Å². The number of ether oxygens (including phenoxy) is 1. The van der Waals surface area contributed by atoms with Crippen molar-refractivity contribution in [3.05, 3.63) is 59.7 Å². The summed E-state index contributed by atoms with van der Waals surface area (Å²) in [6, 6.07) is 14.5. The van der Waals surface area contributed by atoms with Crippen LogP contribution < -0.4 is 4.74 Å². The molecule has 174 valence electrons. The van der Waals surface area contributed by atoms with E-state index in [2.05, 4.69) is 16.0 Å². The van der Waals surface area contributed by atoms with Gasteiger partial charge >= 0.3 is 6.36 Å². The average Bonchev–Trinajstić information content (AvgIpc) is 3.64. The lowest BCUT2D eigenvalue weighted by atomic mass is 10.0. The van der Waals surface area contributed by atoms with Gasteiger partial charge in [0.25, 0.3) is 0 Å². The molecule has 2 aliphatic rings. The summed E-state index contributed by atoms with van der Waals surface area (Å²) in [5.41, 5.74) is 2.34. The van der Waals surface area contributed by atoms with Gasteiger partial charge in [-0.05, 0) is 49.2 Å². The molecule has 1 atom stereocenters. The van der Waals surface area contributed by atoms with Crippen molar-refractivity contribution < 1.29 is 27.0 Å². The standard InChI is InChI=1S/C23H22F3N3O3S/c24-23(25,26)31-19-6-8-21(9-7-19)33(30)29-12-10-20(11-13-29)32-28-22(17-4-5-17)18-3-1-2-16(14-18)15-27/h1-3,6-9,14,17,20H,4-5,10-13H2/b28-22+. The summed E-state index contributed by atoms with van der Waals surface area (Å²) >= 11 is 0. The second-order valence-corrected chi connectivity index (χ2v) is 9.43. The second-order valence-electron chi connectivity index (χ2n) is 7.95. The molecule has 1 aliphatic carbocycles. The van der Waals surface area contributed by atoms with Crippen LogP contribution in [0.15, 0.2) is 58.6 Å². The van der Waals surface area contributed by atoms with Crippen molar-refractivity contribution in [3.63, 3.8) is 0 Å². The van der Waals surface area contributed by atoms with Gasteiger partial charge < -0.3 is 9.57 Å². The van der Waals surface area contributed by atoms with E-state index in [9.17, 15) is 17.4 Å². The molecule has 33 heavy (non-hydrogen) atoms. The molecule has 1 saturated carbocycles. The molecule has 1 unspecified atom stereocenters. The van der Waals surface area contributed by atoms with Crippen LogP contribution in [0, 0.1) is 17.2 Å². The number of nitriles is 1. The van der Waals surface area contributed by atoms with E-state index in [-0.39, 0.29) is 11.9 Å². The summed E-state index contributed by atoms with van der Waals surface area (Å²) in [7, 11) is -1.49. The zero-order valence-corrected chi connectivity index (χ0v) is 18.4. The molecule has 0 radical (unpaired) electrons. The van der Waals surface area contributed by atoms with Crippen LogP contribution in [0.25, 0.3) is 0 Å². The monoisotopic (exact) mass is 477 g/mol. The summed E-state index contributed by atoms with van der Waals surface area (Å²) < 4.78 is 55.3. The van der Waals surface area contributed by atoms with E-state index in [0.717, 1.165) is 36.2 Å². The largest absolute Gasteiger partial charge is 0.573 e. The molecule has 2 aromatic rings. The number of halogens is 3. The molecular weight excluding hydrogens is 455 g/mol. The minimum absolute atomic E-state index is 0.117. The number of nitrogens with zero attached hydrogens (tertiary/aromatic N) is 3. The Balaban J connectivity index is 1.33. The minimum Gasteiger partial charge on any atom is -0.406 e. The fraction of sp³-hybridized carbons (Fsp3) is 0.391. The molecule has 4 rings (SSSR count). The Morgan fingerprint density at radius 2 is 1.79 bits per heavy atom. The number of oxime groups is 1. The summed E-state index contributed by atoms with van der Waals surface area (Å²) in [5, 5.41) is 13.6. The first-order valence-corrected chi connectivity index (χ1v) is 11.7. The van der Waals surface area contributed by atoms with Gasteiger partial charge in [-0.2, -0.15) is 5.26 Å². The molecular formula is C23H22F3N3O3S. The third-order valence-corrected chi connectivity index (χ3v) is 6.96. The normalized spacial score (nSPS) is 19.0. The fourth-order valence-corrected chi connectivity index (χ4v) is 4.82. The number of rotatable bonds is 7. The van der Waals surface area contributed by atoms with E-state index < -0.39 is 17.3 Å². The van der Waals surface area contributed by atoms with Crippen molar-refractivity contribution in [1.29, 1.82) is 5.26 Å². The van der Waals surface area contributed by atoms with Crippen molar-refractivity contribution >= 4 is 16.7 Å². The Bertz CT molecular complexity index is 1070. The Labute approximate surface area is 192 Å². The summed E-state index contributed by atoms with van der Waals surface area (Å²) in [5.74, 6) is -0.00386. The maximum absolute atomic E-state index is 12.8. The lowest BCUT2D eigenvalue weighted by Gasteiger charge is -2.29. The highest BCUT2D eigenvalue weighted by Gasteiger charge is 2.32. The summed E-state index contributed by atoms with van der Waals surface area (Å²) in [4.78, 5) is 6.24. The first kappa shape index (κ1) is 23.3. The van der Waals surface area contributed by atoms with Crippen molar-refractivity contribution in [1.82, 2.24) is 4.31 Å². The molecule has 2 fully saturated rings. The molecule has 10 heteroatoms. The van der Waals surface area contributed by atoms with E-state index in [1.165, 1.54) is 12.1 Å². The second kappa shape index (κ2) is 9.93. The molecule has 1 heterocycles. The predicted molar refractivity (Wildman–Crippen MR) is 116 cm³/mol. The Morgan fingerprint density at radius 3 is 2.39 bits per heavy atom. The van der Waals surface area contributed by atoms with Gasteiger partial charge in [-0.25, -0.2) is 8.51 Å². The van der Waals surface area contributed by atoms with E-state index in [1.54, 1.807) is 10.4 Å². The highest BCUT2D eigenvalue weighted by molar-refractivity contribution is 7.82. The van der Waals surface area contributed by atoms with E-state index >= 15 is 0 Å². The molecule has 0 amide bonds. The van der Waals surface area contributed by atoms with Gasteiger partial charge in [0.05, 0.1) is 22.2 Å². The molecule has 1 aliphatic heterocycles. The van der Waals surface area contributed by atoms with Gasteiger partial charge in [0, 0.05) is 37.4 Å². The van der Waals surface area contributed by atoms with Crippen LogP contribution in [-0.2, 0) is 15.8 Å². The number of benzene rings is 2. The van der Waals surface area contributed by atoms with Crippen LogP contribution in [0.2, 0.25) is 0 Å². The first-order chi connectivity index (χ1) is 15.8. The third-order valence-electron chi connectivity index (χ3n) is 5.45. The van der Waals surface area contributed by atoms with Crippen LogP contribution in [0.1, 0.15) is 36.8 Å². The van der Waals surface area contributed by atoms with Crippen molar-refractivity contribution in [3.8, 4) is 11.8 Å². The van der Waals surface area contributed by atoms with E-state index in [4.69, 9.17) is 10.1 Å². The van der Waals surface area contributed by atoms with Crippen LogP contribution in [0.3, 0.4) is 0 Å². The van der Waals surface area contributed by atoms with Gasteiger partial charge in [-0.3, -0.25) is 0 Å². The quantitative estimate of drug-likeness (QED) is 0.425. The van der Waals surface area contributed by atoms with Gasteiger partial charge in [0.2, 0.25) is 0 Å². The van der Waals surface area contributed by atoms with Crippen molar-refractivity contribution in [2.24, 2.45) is 11.1 Å². The molecule has 0 spiro atoms. The zero-order valence-electron chi connectivity index (χ0n) is 17.6. The Hall–Kier alpha value is -2.90. The lowest BCUT2D eigenvalue weighted by molar-refractivity contribution is -0.274. The summed E-state index contributed by atoms with van der Waals surface area (Å²) in [6.07, 6.45) is -1.54. The van der Waals surface area contributed by atoms with E-state index in [0.29, 0.717) is 42.3 Å². The molecule has 0 N–H and O–H groups in total. The van der Waals surface area contributed by atoms with Crippen molar-refractivity contribution in [2.75, 3.05) is 13.1 Å².